The number of hydrogen-bond donors (Lipinski definition) is 4. The number of ether oxygens (including phenoxy) is 1. The molecule has 0 spiro atoms. The van der Waals surface area contributed by atoms with E-state index in [-0.39, 0.29) is 24.1 Å². The van der Waals surface area contributed by atoms with E-state index in [9.17, 15) is 9.59 Å². The average molecular weight is 487 g/mol. The van der Waals surface area contributed by atoms with Crippen LogP contribution < -0.4 is 15.5 Å². The minimum absolute atomic E-state index is 0.00415. The summed E-state index contributed by atoms with van der Waals surface area (Å²) in [5, 5.41) is 19.9. The Morgan fingerprint density at radius 2 is 1.78 bits per heavy atom. The molecule has 1 fully saturated rings. The highest BCUT2D eigenvalue weighted by atomic mass is 16.5. The molecule has 1 saturated heterocycles. The lowest BCUT2D eigenvalue weighted by Gasteiger charge is -2.17. The first-order valence-corrected chi connectivity index (χ1v) is 11.9. The maximum atomic E-state index is 12.9. The van der Waals surface area contributed by atoms with Crippen LogP contribution in [0.15, 0.2) is 66.7 Å². The second kappa shape index (κ2) is 11.5. The van der Waals surface area contributed by atoms with Crippen molar-refractivity contribution in [3.8, 4) is 5.75 Å². The molecule has 0 aromatic heterocycles. The van der Waals surface area contributed by atoms with Crippen molar-refractivity contribution in [3.63, 3.8) is 0 Å². The molecule has 1 aliphatic heterocycles. The van der Waals surface area contributed by atoms with Gasteiger partial charge in [0.1, 0.15) is 18.2 Å². The average Bonchev–Trinajstić information content (AvgIpc) is 3.43. The summed E-state index contributed by atoms with van der Waals surface area (Å²) in [5.41, 5.74) is 5.88. The van der Waals surface area contributed by atoms with Crippen LogP contribution in [-0.2, 0) is 17.8 Å². The number of hydroxylamine groups is 1. The number of carbonyl (C=O) groups excluding carboxylic acids is 2. The molecule has 36 heavy (non-hydrogen) atoms. The molecule has 0 unspecified atom stereocenters. The number of rotatable bonds is 8. The van der Waals surface area contributed by atoms with E-state index in [4.69, 9.17) is 15.4 Å². The monoisotopic (exact) mass is 486 g/mol. The standard InChI is InChI=1S/C28H30N4O4/c1-19-15-23(10-11-24(19)28(34)32-13-5-6-14-32)30-26(33)17-22-16-21(27(29)31-35)9-12-25(22)36-18-20-7-3-2-4-8-20/h2-4,7-12,15-16,35H,5-6,13-14,17-18H2,1H3,(H2,29,31)(H,30,33). The maximum Gasteiger partial charge on any atom is 0.254 e. The van der Waals surface area contributed by atoms with E-state index in [0.29, 0.717) is 34.7 Å². The Labute approximate surface area is 210 Å². The van der Waals surface area contributed by atoms with E-state index in [1.165, 1.54) is 0 Å². The topological polar surface area (TPSA) is 115 Å². The van der Waals surface area contributed by atoms with E-state index >= 15 is 0 Å². The Bertz CT molecular complexity index is 1250. The Morgan fingerprint density at radius 1 is 1.03 bits per heavy atom. The molecular weight excluding hydrogens is 456 g/mol. The van der Waals surface area contributed by atoms with E-state index < -0.39 is 0 Å². The van der Waals surface area contributed by atoms with Gasteiger partial charge in [0.05, 0.1) is 6.42 Å². The molecular formula is C28H30N4O4. The number of amidine groups is 1. The zero-order valence-corrected chi connectivity index (χ0v) is 20.2. The van der Waals surface area contributed by atoms with Gasteiger partial charge in [0.25, 0.3) is 5.91 Å². The zero-order chi connectivity index (χ0) is 25.5. The van der Waals surface area contributed by atoms with Gasteiger partial charge in [-0.15, -0.1) is 0 Å². The first-order chi connectivity index (χ1) is 17.4. The second-order valence-corrected chi connectivity index (χ2v) is 8.84. The van der Waals surface area contributed by atoms with Gasteiger partial charge in [0.15, 0.2) is 0 Å². The molecule has 0 bridgehead atoms. The second-order valence-electron chi connectivity index (χ2n) is 8.84. The summed E-state index contributed by atoms with van der Waals surface area (Å²) in [4.78, 5) is 27.5. The fraction of sp³-hybridized carbons (Fsp3) is 0.250. The van der Waals surface area contributed by atoms with Crippen LogP contribution in [0.2, 0.25) is 0 Å². The molecule has 1 heterocycles. The van der Waals surface area contributed by atoms with Crippen LogP contribution in [0.3, 0.4) is 0 Å². The minimum atomic E-state index is -0.266. The molecule has 3 aromatic rings. The van der Waals surface area contributed by atoms with Crippen molar-refractivity contribution in [3.05, 3.63) is 94.5 Å². The minimum Gasteiger partial charge on any atom is -0.489 e. The Kier molecular flexibility index (Phi) is 7.97. The molecule has 0 radical (unpaired) electrons. The number of likely N-dealkylation sites (tertiary alicyclic amines) is 1. The molecule has 0 saturated carbocycles. The zero-order valence-electron chi connectivity index (χ0n) is 20.2. The van der Waals surface area contributed by atoms with Crippen molar-refractivity contribution in [2.24, 2.45) is 0 Å². The predicted octanol–water partition coefficient (Wildman–Crippen LogP) is 4.30. The van der Waals surface area contributed by atoms with Crippen LogP contribution in [-0.4, -0.2) is 40.8 Å². The molecule has 0 atom stereocenters. The molecule has 0 aliphatic carbocycles. The van der Waals surface area contributed by atoms with E-state index in [1.54, 1.807) is 36.4 Å². The number of carbonyl (C=O) groups is 2. The third-order valence-electron chi connectivity index (χ3n) is 6.18. The molecule has 8 nitrogen and oxygen atoms in total. The van der Waals surface area contributed by atoms with Crippen LogP contribution in [0.25, 0.3) is 0 Å². The third-order valence-corrected chi connectivity index (χ3v) is 6.18. The Morgan fingerprint density at radius 3 is 2.47 bits per heavy atom. The van der Waals surface area contributed by atoms with Gasteiger partial charge in [-0.2, -0.15) is 0 Å². The van der Waals surface area contributed by atoms with Gasteiger partial charge in [0, 0.05) is 35.5 Å². The summed E-state index contributed by atoms with van der Waals surface area (Å²) in [5.74, 6) is 0.101. The van der Waals surface area contributed by atoms with Crippen LogP contribution in [0.4, 0.5) is 5.69 Å². The predicted molar refractivity (Wildman–Crippen MR) is 138 cm³/mol. The first kappa shape index (κ1) is 24.9. The molecule has 4 rings (SSSR count). The van der Waals surface area contributed by atoms with Crippen molar-refractivity contribution in [1.82, 2.24) is 10.4 Å². The summed E-state index contributed by atoms with van der Waals surface area (Å²) >= 11 is 0. The maximum absolute atomic E-state index is 12.9. The number of amides is 2. The number of aryl methyl sites for hydroxylation is 1. The van der Waals surface area contributed by atoms with Crippen molar-refractivity contribution >= 4 is 23.3 Å². The van der Waals surface area contributed by atoms with Crippen LogP contribution >= 0.6 is 0 Å². The normalized spacial score (nSPS) is 12.8. The van der Waals surface area contributed by atoms with Gasteiger partial charge in [-0.3, -0.25) is 25.7 Å². The van der Waals surface area contributed by atoms with Crippen molar-refractivity contribution in [2.45, 2.75) is 32.8 Å². The van der Waals surface area contributed by atoms with E-state index in [1.807, 2.05) is 47.6 Å². The molecule has 3 aromatic carbocycles. The number of benzene rings is 3. The highest BCUT2D eigenvalue weighted by Crippen LogP contribution is 2.24. The molecule has 8 heteroatoms. The molecule has 1 aliphatic rings. The summed E-state index contributed by atoms with van der Waals surface area (Å²) in [6.45, 7) is 3.77. The van der Waals surface area contributed by atoms with E-state index in [0.717, 1.165) is 37.1 Å². The van der Waals surface area contributed by atoms with Crippen LogP contribution in [0, 0.1) is 12.3 Å². The van der Waals surface area contributed by atoms with E-state index in [2.05, 4.69) is 5.32 Å². The lowest BCUT2D eigenvalue weighted by Crippen LogP contribution is -2.28. The lowest BCUT2D eigenvalue weighted by atomic mass is 10.0. The summed E-state index contributed by atoms with van der Waals surface area (Å²) in [6.07, 6.45) is 2.07. The van der Waals surface area contributed by atoms with Gasteiger partial charge in [-0.1, -0.05) is 30.3 Å². The quantitative estimate of drug-likeness (QED) is 0.215. The summed E-state index contributed by atoms with van der Waals surface area (Å²) in [6, 6.07) is 20.0. The Hall–Kier alpha value is -4.17. The largest absolute Gasteiger partial charge is 0.489 e. The van der Waals surface area contributed by atoms with Crippen molar-refractivity contribution in [1.29, 1.82) is 5.41 Å². The molecule has 4 N–H and O–H groups in total. The van der Waals surface area contributed by atoms with Gasteiger partial charge in [0.2, 0.25) is 5.91 Å². The fourth-order valence-electron chi connectivity index (χ4n) is 4.26. The van der Waals surface area contributed by atoms with Gasteiger partial charge >= 0.3 is 0 Å². The van der Waals surface area contributed by atoms with Gasteiger partial charge in [-0.05, 0) is 67.3 Å². The smallest absolute Gasteiger partial charge is 0.254 e. The van der Waals surface area contributed by atoms with Crippen LogP contribution in [0.1, 0.15) is 45.5 Å². The highest BCUT2D eigenvalue weighted by Gasteiger charge is 2.21. The van der Waals surface area contributed by atoms with Crippen molar-refractivity contribution in [2.75, 3.05) is 18.4 Å². The molecule has 2 amide bonds. The van der Waals surface area contributed by atoms with Gasteiger partial charge < -0.3 is 15.0 Å². The highest BCUT2D eigenvalue weighted by molar-refractivity contribution is 5.98. The van der Waals surface area contributed by atoms with Crippen LogP contribution in [0.5, 0.6) is 5.75 Å². The molecule has 186 valence electrons. The number of anilines is 1. The SMILES string of the molecule is Cc1cc(NC(=O)Cc2cc(C(=N)NO)ccc2OCc2ccccc2)ccc1C(=O)N1CCCC1. The van der Waals surface area contributed by atoms with Gasteiger partial charge in [-0.25, -0.2) is 0 Å². The number of nitrogens with one attached hydrogen (secondary N) is 3. The number of hydrogen-bond acceptors (Lipinski definition) is 5. The Balaban J connectivity index is 1.47. The van der Waals surface area contributed by atoms with Crippen molar-refractivity contribution < 1.29 is 19.5 Å². The first-order valence-electron chi connectivity index (χ1n) is 11.9. The lowest BCUT2D eigenvalue weighted by molar-refractivity contribution is -0.115. The summed E-state index contributed by atoms with van der Waals surface area (Å²) < 4.78 is 5.98. The summed E-state index contributed by atoms with van der Waals surface area (Å²) in [7, 11) is 0. The number of nitrogens with zero attached hydrogens (tertiary/aromatic N) is 1. The fourth-order valence-corrected chi connectivity index (χ4v) is 4.26. The third kappa shape index (κ3) is 6.09.